The van der Waals surface area contributed by atoms with E-state index in [0.29, 0.717) is 0 Å². The average Bonchev–Trinajstić information content (AvgIpc) is 2.57. The Morgan fingerprint density at radius 1 is 1.00 bits per heavy atom. The summed E-state index contributed by atoms with van der Waals surface area (Å²) < 4.78 is 0. The SMILES string of the molecule is O=c1[nH]c2ccccc2c2c1CCCN2.c1ccnnc1. The van der Waals surface area contributed by atoms with Crippen molar-refractivity contribution < 1.29 is 0 Å². The number of H-pyrrole nitrogens is 1. The first-order valence-electron chi connectivity index (χ1n) is 6.95. The van der Waals surface area contributed by atoms with Gasteiger partial charge in [-0.3, -0.25) is 4.79 Å². The highest BCUT2D eigenvalue weighted by molar-refractivity contribution is 5.92. The number of aromatic nitrogens is 3. The van der Waals surface area contributed by atoms with Crippen LogP contribution in [-0.4, -0.2) is 21.7 Å². The molecule has 21 heavy (non-hydrogen) atoms. The quantitative estimate of drug-likeness (QED) is 0.663. The highest BCUT2D eigenvalue weighted by Crippen LogP contribution is 2.26. The number of nitrogens with one attached hydrogen (secondary N) is 2. The topological polar surface area (TPSA) is 70.7 Å². The number of fused-ring (bicyclic) bond motifs is 3. The van der Waals surface area contributed by atoms with Crippen molar-refractivity contribution in [3.63, 3.8) is 0 Å². The van der Waals surface area contributed by atoms with Crippen LogP contribution in [0.15, 0.2) is 53.6 Å². The maximum Gasteiger partial charge on any atom is 0.253 e. The minimum absolute atomic E-state index is 0.0518. The van der Waals surface area contributed by atoms with Crippen LogP contribution in [0.2, 0.25) is 0 Å². The summed E-state index contributed by atoms with van der Waals surface area (Å²) in [7, 11) is 0. The summed E-state index contributed by atoms with van der Waals surface area (Å²) in [6, 6.07) is 11.6. The molecule has 1 aliphatic rings. The Hall–Kier alpha value is -2.69. The zero-order valence-electron chi connectivity index (χ0n) is 11.5. The lowest BCUT2D eigenvalue weighted by Crippen LogP contribution is -2.22. The Labute approximate surface area is 122 Å². The molecule has 5 heteroatoms. The van der Waals surface area contributed by atoms with Crippen LogP contribution in [0.1, 0.15) is 12.0 Å². The summed E-state index contributed by atoms with van der Waals surface area (Å²) in [5, 5.41) is 11.5. The van der Waals surface area contributed by atoms with Gasteiger partial charge in [-0.15, -0.1) is 0 Å². The van der Waals surface area contributed by atoms with E-state index >= 15 is 0 Å². The Morgan fingerprint density at radius 2 is 1.76 bits per heavy atom. The van der Waals surface area contributed by atoms with E-state index in [4.69, 9.17) is 0 Å². The first-order chi connectivity index (χ1) is 10.4. The van der Waals surface area contributed by atoms with Crippen molar-refractivity contribution in [2.24, 2.45) is 0 Å². The second-order valence-corrected chi connectivity index (χ2v) is 4.80. The largest absolute Gasteiger partial charge is 0.384 e. The van der Waals surface area contributed by atoms with Crippen LogP contribution in [0.3, 0.4) is 0 Å². The lowest BCUT2D eigenvalue weighted by Gasteiger charge is -2.18. The molecule has 0 bridgehead atoms. The molecule has 2 aromatic heterocycles. The Balaban J connectivity index is 0.000000186. The summed E-state index contributed by atoms with van der Waals surface area (Å²) in [4.78, 5) is 14.7. The zero-order valence-corrected chi connectivity index (χ0v) is 11.5. The Morgan fingerprint density at radius 3 is 2.48 bits per heavy atom. The van der Waals surface area contributed by atoms with E-state index in [9.17, 15) is 4.79 Å². The standard InChI is InChI=1S/C12H12N2O.C4H4N2/c15-12-9-5-3-7-13-11(9)8-4-1-2-6-10(8)14-12;1-2-4-6-5-3-1/h1-2,4,6,13H,3,5,7H2,(H,14,15);1-4H. The summed E-state index contributed by atoms with van der Waals surface area (Å²) >= 11 is 0. The van der Waals surface area contributed by atoms with Crippen molar-refractivity contribution in [1.82, 2.24) is 15.2 Å². The number of benzene rings is 1. The maximum atomic E-state index is 11.8. The minimum atomic E-state index is 0.0518. The van der Waals surface area contributed by atoms with Crippen LogP contribution in [0, 0.1) is 0 Å². The van der Waals surface area contributed by atoms with Gasteiger partial charge in [-0.2, -0.15) is 10.2 Å². The number of nitrogens with zero attached hydrogens (tertiary/aromatic N) is 2. The summed E-state index contributed by atoms with van der Waals surface area (Å²) in [5.74, 6) is 0. The van der Waals surface area contributed by atoms with Gasteiger partial charge in [0.2, 0.25) is 0 Å². The van der Waals surface area contributed by atoms with Crippen LogP contribution in [-0.2, 0) is 6.42 Å². The van der Waals surface area contributed by atoms with Crippen molar-refractivity contribution in [1.29, 1.82) is 0 Å². The fraction of sp³-hybridized carbons (Fsp3) is 0.188. The molecule has 0 spiro atoms. The van der Waals surface area contributed by atoms with Crippen LogP contribution < -0.4 is 10.9 Å². The van der Waals surface area contributed by atoms with E-state index in [-0.39, 0.29) is 5.56 Å². The summed E-state index contributed by atoms with van der Waals surface area (Å²) in [5.41, 5.74) is 2.90. The molecule has 5 nitrogen and oxygen atoms in total. The normalized spacial score (nSPS) is 12.8. The smallest absolute Gasteiger partial charge is 0.253 e. The molecule has 0 atom stereocenters. The third-order valence-corrected chi connectivity index (χ3v) is 3.41. The van der Waals surface area contributed by atoms with Crippen LogP contribution >= 0.6 is 0 Å². The van der Waals surface area contributed by atoms with Gasteiger partial charge in [-0.1, -0.05) is 18.2 Å². The van der Waals surface area contributed by atoms with Crippen LogP contribution in [0.5, 0.6) is 0 Å². The summed E-state index contributed by atoms with van der Waals surface area (Å²) in [6.45, 7) is 0.959. The van der Waals surface area contributed by atoms with E-state index in [1.54, 1.807) is 12.4 Å². The average molecular weight is 280 g/mol. The van der Waals surface area contributed by atoms with Gasteiger partial charge < -0.3 is 10.3 Å². The fourth-order valence-corrected chi connectivity index (χ4v) is 2.46. The highest BCUT2D eigenvalue weighted by Gasteiger charge is 2.15. The molecule has 106 valence electrons. The van der Waals surface area contributed by atoms with Gasteiger partial charge in [0.25, 0.3) is 5.56 Å². The Kier molecular flexibility index (Phi) is 3.91. The highest BCUT2D eigenvalue weighted by atomic mass is 16.1. The Bertz CT molecular complexity index is 756. The molecule has 0 saturated carbocycles. The van der Waals surface area contributed by atoms with Crippen LogP contribution in [0.4, 0.5) is 5.69 Å². The van der Waals surface area contributed by atoms with Gasteiger partial charge >= 0.3 is 0 Å². The molecule has 3 heterocycles. The first-order valence-corrected chi connectivity index (χ1v) is 6.95. The van der Waals surface area contributed by atoms with Crippen molar-refractivity contribution >= 4 is 16.6 Å². The molecular formula is C16H16N4O. The number of anilines is 1. The number of hydrogen-bond acceptors (Lipinski definition) is 4. The van der Waals surface area contributed by atoms with E-state index in [1.165, 1.54) is 0 Å². The molecule has 0 amide bonds. The summed E-state index contributed by atoms with van der Waals surface area (Å²) in [6.07, 6.45) is 5.19. The molecule has 0 saturated heterocycles. The number of rotatable bonds is 0. The number of hydrogen-bond donors (Lipinski definition) is 2. The van der Waals surface area contributed by atoms with Crippen molar-refractivity contribution in [3.05, 3.63) is 64.7 Å². The molecule has 0 radical (unpaired) electrons. The molecule has 2 N–H and O–H groups in total. The third-order valence-electron chi connectivity index (χ3n) is 3.41. The molecular weight excluding hydrogens is 264 g/mol. The van der Waals surface area contributed by atoms with Crippen molar-refractivity contribution in [3.8, 4) is 0 Å². The molecule has 4 rings (SSSR count). The molecule has 1 aromatic carbocycles. The molecule has 0 aliphatic carbocycles. The lowest BCUT2D eigenvalue weighted by molar-refractivity contribution is 0.820. The van der Waals surface area contributed by atoms with Crippen molar-refractivity contribution in [2.75, 3.05) is 11.9 Å². The monoisotopic (exact) mass is 280 g/mol. The van der Waals surface area contributed by atoms with E-state index in [1.807, 2.05) is 36.4 Å². The zero-order chi connectivity index (χ0) is 14.5. The second kappa shape index (κ2) is 6.17. The van der Waals surface area contributed by atoms with E-state index < -0.39 is 0 Å². The van der Waals surface area contributed by atoms with Crippen molar-refractivity contribution in [2.45, 2.75) is 12.8 Å². The van der Waals surface area contributed by atoms with E-state index in [0.717, 1.165) is 41.5 Å². The predicted octanol–water partition coefficient (Wildman–Crippen LogP) is 2.36. The van der Waals surface area contributed by atoms with Gasteiger partial charge in [0.05, 0.1) is 11.2 Å². The number of para-hydroxylation sites is 1. The van der Waals surface area contributed by atoms with E-state index in [2.05, 4.69) is 20.5 Å². The first kappa shape index (κ1) is 13.3. The minimum Gasteiger partial charge on any atom is -0.384 e. The van der Waals surface area contributed by atoms with Crippen LogP contribution in [0.25, 0.3) is 10.9 Å². The van der Waals surface area contributed by atoms with Gasteiger partial charge in [0.1, 0.15) is 0 Å². The van der Waals surface area contributed by atoms with Gasteiger partial charge in [0, 0.05) is 29.9 Å². The second-order valence-electron chi connectivity index (χ2n) is 4.80. The maximum absolute atomic E-state index is 11.8. The molecule has 1 aliphatic heterocycles. The lowest BCUT2D eigenvalue weighted by atomic mass is 10.0. The van der Waals surface area contributed by atoms with Gasteiger partial charge in [-0.05, 0) is 31.0 Å². The molecule has 3 aromatic rings. The third kappa shape index (κ3) is 2.91. The fourth-order valence-electron chi connectivity index (χ4n) is 2.46. The molecule has 0 unspecified atom stereocenters. The number of pyridine rings is 1. The van der Waals surface area contributed by atoms with Gasteiger partial charge in [0.15, 0.2) is 0 Å². The van der Waals surface area contributed by atoms with Gasteiger partial charge in [-0.25, -0.2) is 0 Å². The molecule has 0 fully saturated rings. The predicted molar refractivity (Wildman–Crippen MR) is 83.4 cm³/mol. The number of aromatic amines is 1.